The lowest BCUT2D eigenvalue weighted by Gasteiger charge is -2.17. The highest BCUT2D eigenvalue weighted by atomic mass is 19.4. The van der Waals surface area contributed by atoms with Gasteiger partial charge in [0.1, 0.15) is 11.4 Å². The van der Waals surface area contributed by atoms with Gasteiger partial charge in [0.2, 0.25) is 0 Å². The number of halogens is 6. The number of hydrogen-bond donors (Lipinski definition) is 0. The first-order valence-electron chi connectivity index (χ1n) is 6.17. The van der Waals surface area contributed by atoms with E-state index in [2.05, 4.69) is 10.4 Å². The number of nitrogens with zero attached hydrogens (tertiary/aromatic N) is 2. The second-order valence-corrected chi connectivity index (χ2v) is 4.64. The zero-order valence-corrected chi connectivity index (χ0v) is 11.4. The molecule has 0 radical (unpaired) electrons. The van der Waals surface area contributed by atoms with Crippen LogP contribution in [0.2, 0.25) is 0 Å². The van der Waals surface area contributed by atoms with E-state index < -0.39 is 46.0 Å². The summed E-state index contributed by atoms with van der Waals surface area (Å²) in [6, 6.07) is 3.88. The van der Waals surface area contributed by atoms with E-state index in [1.807, 2.05) is 0 Å². The van der Waals surface area contributed by atoms with Crippen molar-refractivity contribution in [1.82, 2.24) is 0 Å². The van der Waals surface area contributed by atoms with Crippen LogP contribution in [0.1, 0.15) is 11.1 Å². The van der Waals surface area contributed by atoms with Gasteiger partial charge >= 0.3 is 12.4 Å². The van der Waals surface area contributed by atoms with Crippen LogP contribution in [-0.2, 0) is 12.4 Å². The number of hydrogen-bond acceptors (Lipinski definition) is 4. The van der Waals surface area contributed by atoms with Gasteiger partial charge in [-0.2, -0.15) is 26.3 Å². The Balaban J connectivity index is 2.81. The molecule has 0 atom stereocenters. The molecule has 0 aliphatic heterocycles. The molecule has 0 saturated carbocycles. The fourth-order valence-electron chi connectivity index (χ4n) is 2.12. The molecule has 24 heavy (non-hydrogen) atoms. The van der Waals surface area contributed by atoms with Crippen molar-refractivity contribution < 1.29 is 26.3 Å². The van der Waals surface area contributed by atoms with Gasteiger partial charge in [-0.05, 0) is 45.7 Å². The number of benzene rings is 2. The lowest BCUT2D eigenvalue weighted by atomic mass is 9.94. The molecule has 0 bridgehead atoms. The summed E-state index contributed by atoms with van der Waals surface area (Å²) in [6.07, 6.45) is -10.0. The van der Waals surface area contributed by atoms with Crippen molar-refractivity contribution >= 4 is 11.4 Å². The van der Waals surface area contributed by atoms with Gasteiger partial charge in [-0.15, -0.1) is 9.81 Å². The molecule has 0 fully saturated rings. The normalized spacial score (nSPS) is 12.1. The van der Waals surface area contributed by atoms with Crippen LogP contribution in [0, 0.1) is 9.81 Å². The Hall–Kier alpha value is -2.78. The van der Waals surface area contributed by atoms with E-state index in [0.717, 1.165) is 24.3 Å². The van der Waals surface area contributed by atoms with Gasteiger partial charge in [0, 0.05) is 0 Å². The maximum absolute atomic E-state index is 13.1. The van der Waals surface area contributed by atoms with E-state index in [9.17, 15) is 36.2 Å². The fourth-order valence-corrected chi connectivity index (χ4v) is 2.12. The molecule has 2 rings (SSSR count). The van der Waals surface area contributed by atoms with Crippen molar-refractivity contribution in [1.29, 1.82) is 0 Å². The van der Waals surface area contributed by atoms with Crippen molar-refractivity contribution in [3.63, 3.8) is 0 Å². The summed E-state index contributed by atoms with van der Waals surface area (Å²) in [4.78, 5) is 20.8. The van der Waals surface area contributed by atoms with Gasteiger partial charge in [0.05, 0.1) is 11.1 Å². The molecule has 2 aromatic carbocycles. The van der Waals surface area contributed by atoms with Gasteiger partial charge < -0.3 is 0 Å². The maximum atomic E-state index is 13.1. The van der Waals surface area contributed by atoms with Crippen molar-refractivity contribution in [2.45, 2.75) is 12.4 Å². The summed E-state index contributed by atoms with van der Waals surface area (Å²) in [5, 5.41) is 4.70. The first-order chi connectivity index (χ1) is 11.1. The second-order valence-electron chi connectivity index (χ2n) is 4.64. The summed E-state index contributed by atoms with van der Waals surface area (Å²) in [6.45, 7) is 0. The lowest BCUT2D eigenvalue weighted by Crippen LogP contribution is -2.11. The Bertz CT molecular complexity index is 731. The van der Waals surface area contributed by atoms with Crippen molar-refractivity contribution in [2.75, 3.05) is 0 Å². The molecule has 0 unspecified atom stereocenters. The van der Waals surface area contributed by atoms with E-state index in [1.165, 1.54) is 0 Å². The van der Waals surface area contributed by atoms with E-state index in [-0.39, 0.29) is 0 Å². The van der Waals surface area contributed by atoms with Crippen LogP contribution in [0.3, 0.4) is 0 Å². The van der Waals surface area contributed by atoms with Crippen LogP contribution in [0.4, 0.5) is 37.7 Å². The van der Waals surface area contributed by atoms with Gasteiger partial charge in [0.15, 0.2) is 0 Å². The molecule has 0 aliphatic carbocycles. The predicted octanol–water partition coefficient (Wildman–Crippen LogP) is 6.19. The van der Waals surface area contributed by atoms with Crippen LogP contribution in [0.15, 0.2) is 46.8 Å². The topological polar surface area (TPSA) is 58.9 Å². The van der Waals surface area contributed by atoms with Gasteiger partial charge in [-0.3, -0.25) is 0 Å². The summed E-state index contributed by atoms with van der Waals surface area (Å²) >= 11 is 0. The molecule has 0 aliphatic rings. The average molecular weight is 348 g/mol. The molecule has 10 heteroatoms. The highest BCUT2D eigenvalue weighted by molar-refractivity contribution is 5.75. The quantitative estimate of drug-likeness (QED) is 0.491. The molecule has 0 amide bonds. The van der Waals surface area contributed by atoms with Crippen molar-refractivity contribution in [2.24, 2.45) is 10.4 Å². The molecular formula is C14H6F6N2O2. The summed E-state index contributed by atoms with van der Waals surface area (Å²) < 4.78 is 78.8. The largest absolute Gasteiger partial charge is 0.417 e. The molecule has 0 heterocycles. The number of rotatable bonds is 3. The molecular weight excluding hydrogens is 342 g/mol. The lowest BCUT2D eigenvalue weighted by molar-refractivity contribution is -0.139. The monoisotopic (exact) mass is 348 g/mol. The van der Waals surface area contributed by atoms with Crippen LogP contribution < -0.4 is 0 Å². The van der Waals surface area contributed by atoms with E-state index in [1.54, 1.807) is 0 Å². The first kappa shape index (κ1) is 17.6. The fraction of sp³-hybridized carbons (Fsp3) is 0.143. The molecule has 126 valence electrons. The van der Waals surface area contributed by atoms with E-state index in [4.69, 9.17) is 0 Å². The molecule has 4 nitrogen and oxygen atoms in total. The molecule has 0 spiro atoms. The van der Waals surface area contributed by atoms with Gasteiger partial charge in [0.25, 0.3) is 0 Å². The Morgan fingerprint density at radius 1 is 0.625 bits per heavy atom. The highest BCUT2D eigenvalue weighted by Crippen LogP contribution is 2.44. The SMILES string of the molecule is O=Nc1ccc(-c2ccc(N=O)cc2C(F)(F)F)c(C(F)(F)F)c1. The average Bonchev–Trinajstić information content (AvgIpc) is 2.52. The van der Waals surface area contributed by atoms with Crippen LogP contribution in [0.5, 0.6) is 0 Å². The number of nitroso groups, excluding NO2 is 2. The number of alkyl halides is 6. The third-order valence-corrected chi connectivity index (χ3v) is 3.12. The molecule has 0 aromatic heterocycles. The Morgan fingerprint density at radius 3 is 1.21 bits per heavy atom. The Labute approximate surface area is 130 Å². The minimum Gasteiger partial charge on any atom is -0.166 e. The Kier molecular flexibility index (Phi) is 4.41. The minimum atomic E-state index is -5.01. The minimum absolute atomic E-state index is 0.356. The standard InChI is InChI=1S/C14H6F6N2O2/c15-13(16,17)11-5-7(21-23)1-3-9(11)10-4-2-8(22-24)6-12(10)14(18,19)20/h1-6H. The second kappa shape index (κ2) is 6.02. The molecule has 0 saturated heterocycles. The van der Waals surface area contributed by atoms with Crippen LogP contribution >= 0.6 is 0 Å². The summed E-state index contributed by atoms with van der Waals surface area (Å²) in [7, 11) is 0. The molecule has 0 N–H and O–H groups in total. The zero-order valence-electron chi connectivity index (χ0n) is 11.4. The zero-order chi connectivity index (χ0) is 18.1. The third-order valence-electron chi connectivity index (χ3n) is 3.12. The maximum Gasteiger partial charge on any atom is 0.417 e. The van der Waals surface area contributed by atoms with Crippen LogP contribution in [-0.4, -0.2) is 0 Å². The van der Waals surface area contributed by atoms with Crippen molar-refractivity contribution in [3.8, 4) is 11.1 Å². The molecule has 2 aromatic rings. The Morgan fingerprint density at radius 2 is 0.958 bits per heavy atom. The smallest absolute Gasteiger partial charge is 0.166 e. The van der Waals surface area contributed by atoms with Gasteiger partial charge in [-0.25, -0.2) is 0 Å². The van der Waals surface area contributed by atoms with Gasteiger partial charge in [-0.1, -0.05) is 12.1 Å². The van der Waals surface area contributed by atoms with E-state index in [0.29, 0.717) is 12.1 Å². The van der Waals surface area contributed by atoms with E-state index >= 15 is 0 Å². The summed E-state index contributed by atoms with van der Waals surface area (Å²) in [5.41, 5.74) is -5.63. The van der Waals surface area contributed by atoms with Crippen molar-refractivity contribution in [3.05, 3.63) is 57.3 Å². The van der Waals surface area contributed by atoms with Crippen LogP contribution in [0.25, 0.3) is 11.1 Å². The predicted molar refractivity (Wildman–Crippen MR) is 72.8 cm³/mol. The first-order valence-corrected chi connectivity index (χ1v) is 6.17. The third kappa shape index (κ3) is 3.42. The summed E-state index contributed by atoms with van der Waals surface area (Å²) in [5.74, 6) is 0. The highest BCUT2D eigenvalue weighted by Gasteiger charge is 2.38.